The molecule has 1 fully saturated rings. The molecule has 2 heterocycles. The Balaban J connectivity index is 2.22. The summed E-state index contributed by atoms with van der Waals surface area (Å²) < 4.78 is 1.80. The number of likely N-dealkylation sites (tertiary alicyclic amines) is 1. The van der Waals surface area contributed by atoms with Crippen LogP contribution >= 0.6 is 0 Å². The Bertz CT molecular complexity index is 381. The lowest BCUT2D eigenvalue weighted by Crippen LogP contribution is -2.35. The van der Waals surface area contributed by atoms with Gasteiger partial charge in [-0.3, -0.25) is 9.69 Å². The lowest BCUT2D eigenvalue weighted by Gasteiger charge is -2.27. The maximum absolute atomic E-state index is 11.5. The average molecular weight is 237 g/mol. The molecule has 1 aromatic heterocycles. The van der Waals surface area contributed by atoms with Gasteiger partial charge in [0, 0.05) is 7.05 Å². The van der Waals surface area contributed by atoms with Crippen LogP contribution in [-0.2, 0) is 11.8 Å². The number of hydrogen-bond acceptors (Lipinski definition) is 3. The van der Waals surface area contributed by atoms with Crippen molar-refractivity contribution >= 4 is 5.97 Å². The lowest BCUT2D eigenvalue weighted by molar-refractivity contribution is -0.143. The first kappa shape index (κ1) is 12.1. The molecule has 1 aromatic rings. The van der Waals surface area contributed by atoms with Gasteiger partial charge in [0.15, 0.2) is 6.04 Å². The minimum Gasteiger partial charge on any atom is -0.480 e. The van der Waals surface area contributed by atoms with Gasteiger partial charge in [-0.25, -0.2) is 4.98 Å². The normalized spacial score (nSPS) is 19.8. The van der Waals surface area contributed by atoms with Crippen molar-refractivity contribution < 1.29 is 9.90 Å². The number of aromatic nitrogens is 2. The topological polar surface area (TPSA) is 58.4 Å². The van der Waals surface area contributed by atoms with Gasteiger partial charge in [-0.1, -0.05) is 12.8 Å². The fraction of sp³-hybridized carbons (Fsp3) is 0.667. The van der Waals surface area contributed by atoms with Gasteiger partial charge in [0.1, 0.15) is 0 Å². The van der Waals surface area contributed by atoms with Gasteiger partial charge in [0.25, 0.3) is 0 Å². The molecule has 1 aliphatic rings. The average Bonchev–Trinajstić information content (AvgIpc) is 2.55. The highest BCUT2D eigenvalue weighted by molar-refractivity contribution is 5.74. The molecule has 1 N–H and O–H groups in total. The highest BCUT2D eigenvalue weighted by Crippen LogP contribution is 2.23. The number of aryl methyl sites for hydroxylation is 1. The Labute approximate surface area is 101 Å². The highest BCUT2D eigenvalue weighted by Gasteiger charge is 2.29. The molecule has 94 valence electrons. The van der Waals surface area contributed by atoms with Crippen LogP contribution in [0.5, 0.6) is 0 Å². The standard InChI is InChI=1S/C12H19N3O2/c1-14-9-13-8-10(14)11(12(16)17)15-6-4-2-3-5-7-15/h8-9,11H,2-7H2,1H3,(H,16,17). The summed E-state index contributed by atoms with van der Waals surface area (Å²) in [5, 5.41) is 9.43. The van der Waals surface area contributed by atoms with Crippen molar-refractivity contribution in [2.45, 2.75) is 31.7 Å². The first-order valence-electron chi connectivity index (χ1n) is 6.13. The highest BCUT2D eigenvalue weighted by atomic mass is 16.4. The third-order valence-electron chi connectivity index (χ3n) is 3.37. The summed E-state index contributed by atoms with van der Waals surface area (Å²) in [6, 6.07) is -0.555. The molecule has 5 nitrogen and oxygen atoms in total. The van der Waals surface area contributed by atoms with E-state index in [0.29, 0.717) is 0 Å². The quantitative estimate of drug-likeness (QED) is 0.863. The van der Waals surface area contributed by atoms with Crippen LogP contribution in [0.1, 0.15) is 37.4 Å². The van der Waals surface area contributed by atoms with Gasteiger partial charge in [0.05, 0.1) is 18.2 Å². The second-order valence-corrected chi connectivity index (χ2v) is 4.62. The summed E-state index contributed by atoms with van der Waals surface area (Å²) in [6.45, 7) is 1.73. The summed E-state index contributed by atoms with van der Waals surface area (Å²) >= 11 is 0. The zero-order chi connectivity index (χ0) is 12.3. The van der Waals surface area contributed by atoms with Crippen LogP contribution in [-0.4, -0.2) is 38.6 Å². The van der Waals surface area contributed by atoms with E-state index < -0.39 is 12.0 Å². The molecule has 1 aliphatic heterocycles. The van der Waals surface area contributed by atoms with E-state index in [1.165, 1.54) is 12.8 Å². The monoisotopic (exact) mass is 237 g/mol. The van der Waals surface area contributed by atoms with Gasteiger partial charge >= 0.3 is 5.97 Å². The van der Waals surface area contributed by atoms with Gasteiger partial charge in [-0.2, -0.15) is 0 Å². The Morgan fingerprint density at radius 1 is 1.35 bits per heavy atom. The molecule has 0 aromatic carbocycles. The van der Waals surface area contributed by atoms with Gasteiger partial charge in [0.2, 0.25) is 0 Å². The molecule has 17 heavy (non-hydrogen) atoms. The van der Waals surface area contributed by atoms with Crippen LogP contribution < -0.4 is 0 Å². The number of rotatable bonds is 3. The molecular weight excluding hydrogens is 218 g/mol. The van der Waals surface area contributed by atoms with Crippen molar-refractivity contribution in [3.05, 3.63) is 18.2 Å². The molecule has 0 aliphatic carbocycles. The molecule has 1 saturated heterocycles. The second-order valence-electron chi connectivity index (χ2n) is 4.62. The predicted octanol–water partition coefficient (Wildman–Crippen LogP) is 1.42. The van der Waals surface area contributed by atoms with Gasteiger partial charge in [-0.05, 0) is 25.9 Å². The molecule has 0 bridgehead atoms. The van der Waals surface area contributed by atoms with Crippen LogP contribution in [0.3, 0.4) is 0 Å². The molecule has 0 amide bonds. The lowest BCUT2D eigenvalue weighted by atomic mass is 10.1. The second kappa shape index (κ2) is 5.31. The third-order valence-corrected chi connectivity index (χ3v) is 3.37. The number of hydrogen-bond donors (Lipinski definition) is 1. The molecule has 2 rings (SSSR count). The summed E-state index contributed by atoms with van der Waals surface area (Å²) in [6.07, 6.45) is 7.89. The van der Waals surface area contributed by atoms with E-state index in [1.54, 1.807) is 17.1 Å². The smallest absolute Gasteiger partial charge is 0.327 e. The zero-order valence-corrected chi connectivity index (χ0v) is 10.2. The van der Waals surface area contributed by atoms with E-state index in [4.69, 9.17) is 0 Å². The van der Waals surface area contributed by atoms with E-state index in [-0.39, 0.29) is 0 Å². The minimum absolute atomic E-state index is 0.555. The van der Waals surface area contributed by atoms with E-state index in [1.807, 2.05) is 7.05 Å². The Morgan fingerprint density at radius 2 is 2.00 bits per heavy atom. The summed E-state index contributed by atoms with van der Waals surface area (Å²) in [5.41, 5.74) is 0.763. The van der Waals surface area contributed by atoms with E-state index in [2.05, 4.69) is 9.88 Å². The van der Waals surface area contributed by atoms with Crippen LogP contribution in [0.15, 0.2) is 12.5 Å². The van der Waals surface area contributed by atoms with Crippen LogP contribution in [0.2, 0.25) is 0 Å². The zero-order valence-electron chi connectivity index (χ0n) is 10.2. The minimum atomic E-state index is -0.782. The third kappa shape index (κ3) is 2.66. The fourth-order valence-electron chi connectivity index (χ4n) is 2.45. The number of imidazole rings is 1. The largest absolute Gasteiger partial charge is 0.480 e. The number of aliphatic carboxylic acids is 1. The number of carboxylic acids is 1. The van der Waals surface area contributed by atoms with Crippen molar-refractivity contribution in [3.8, 4) is 0 Å². The maximum atomic E-state index is 11.5. The maximum Gasteiger partial charge on any atom is 0.327 e. The van der Waals surface area contributed by atoms with E-state index >= 15 is 0 Å². The van der Waals surface area contributed by atoms with Crippen molar-refractivity contribution in [2.24, 2.45) is 7.05 Å². The molecule has 0 radical (unpaired) electrons. The fourth-order valence-corrected chi connectivity index (χ4v) is 2.45. The summed E-state index contributed by atoms with van der Waals surface area (Å²) in [7, 11) is 1.84. The van der Waals surface area contributed by atoms with Gasteiger partial charge < -0.3 is 9.67 Å². The molecular formula is C12H19N3O2. The van der Waals surface area contributed by atoms with Crippen molar-refractivity contribution in [1.82, 2.24) is 14.5 Å². The molecule has 1 atom stereocenters. The molecule has 1 unspecified atom stereocenters. The Hall–Kier alpha value is -1.36. The Kier molecular flexibility index (Phi) is 3.78. The summed E-state index contributed by atoms with van der Waals surface area (Å²) in [5.74, 6) is -0.782. The number of carboxylic acid groups (broad SMARTS) is 1. The van der Waals surface area contributed by atoms with Crippen molar-refractivity contribution in [3.63, 3.8) is 0 Å². The van der Waals surface area contributed by atoms with E-state index in [9.17, 15) is 9.90 Å². The van der Waals surface area contributed by atoms with Crippen molar-refractivity contribution in [2.75, 3.05) is 13.1 Å². The number of carbonyl (C=O) groups is 1. The SMILES string of the molecule is Cn1cncc1C(C(=O)O)N1CCCCCC1. The first-order valence-corrected chi connectivity index (χ1v) is 6.13. The molecule has 5 heteroatoms. The molecule has 0 saturated carbocycles. The first-order chi connectivity index (χ1) is 8.20. The van der Waals surface area contributed by atoms with Crippen LogP contribution in [0.25, 0.3) is 0 Å². The predicted molar refractivity (Wildman–Crippen MR) is 63.6 cm³/mol. The van der Waals surface area contributed by atoms with Crippen LogP contribution in [0, 0.1) is 0 Å². The van der Waals surface area contributed by atoms with Gasteiger partial charge in [-0.15, -0.1) is 0 Å². The summed E-state index contributed by atoms with van der Waals surface area (Å²) in [4.78, 5) is 17.6. The van der Waals surface area contributed by atoms with Crippen LogP contribution in [0.4, 0.5) is 0 Å². The molecule has 0 spiro atoms. The Morgan fingerprint density at radius 3 is 2.47 bits per heavy atom. The van der Waals surface area contributed by atoms with E-state index in [0.717, 1.165) is 31.6 Å². The number of nitrogens with zero attached hydrogens (tertiary/aromatic N) is 3. The van der Waals surface area contributed by atoms with Crippen molar-refractivity contribution in [1.29, 1.82) is 0 Å².